The number of benzene rings is 1. The van der Waals surface area contributed by atoms with Crippen molar-refractivity contribution in [2.75, 3.05) is 6.54 Å². The van der Waals surface area contributed by atoms with Crippen molar-refractivity contribution in [2.24, 2.45) is 0 Å². The topological polar surface area (TPSA) is 52.6 Å². The molecule has 1 aromatic rings. The van der Waals surface area contributed by atoms with Crippen LogP contribution in [0.5, 0.6) is 5.75 Å². The molecular weight excluding hydrogens is 264 g/mol. The summed E-state index contributed by atoms with van der Waals surface area (Å²) in [5, 5.41) is 13.0. The van der Waals surface area contributed by atoms with Crippen LogP contribution in [0, 0.1) is 0 Å². The average Bonchev–Trinajstić information content (AvgIpc) is 3.18. The Balaban J connectivity index is 1.57. The van der Waals surface area contributed by atoms with Gasteiger partial charge in [0.2, 0.25) is 5.91 Å². The summed E-state index contributed by atoms with van der Waals surface area (Å²) in [5.41, 5.74) is 0.996. The summed E-state index contributed by atoms with van der Waals surface area (Å²) in [5.74, 6) is 0.451. The van der Waals surface area contributed by atoms with Crippen molar-refractivity contribution in [3.63, 3.8) is 0 Å². The van der Waals surface area contributed by atoms with Crippen LogP contribution in [0.25, 0.3) is 0 Å². The lowest BCUT2D eigenvalue weighted by atomic mass is 10.2. The third-order valence-corrected chi connectivity index (χ3v) is 4.47. The molecule has 0 bridgehead atoms. The van der Waals surface area contributed by atoms with E-state index in [9.17, 15) is 9.90 Å². The van der Waals surface area contributed by atoms with Crippen LogP contribution in [0.1, 0.15) is 44.1 Å². The van der Waals surface area contributed by atoms with E-state index in [1.54, 1.807) is 12.1 Å². The second kappa shape index (κ2) is 6.48. The van der Waals surface area contributed by atoms with Crippen LogP contribution in [0.3, 0.4) is 0 Å². The van der Waals surface area contributed by atoms with Crippen molar-refractivity contribution in [3.05, 3.63) is 29.8 Å². The SMILES string of the molecule is O=C(CNC1CCCC1)N(Cc1cccc(O)c1)C1CC1. The smallest absolute Gasteiger partial charge is 0.237 e. The van der Waals surface area contributed by atoms with Crippen molar-refractivity contribution >= 4 is 5.91 Å². The van der Waals surface area contributed by atoms with Crippen LogP contribution in [0.2, 0.25) is 0 Å². The molecule has 3 rings (SSSR count). The van der Waals surface area contributed by atoms with E-state index >= 15 is 0 Å². The van der Waals surface area contributed by atoms with E-state index in [2.05, 4.69) is 5.32 Å². The number of amides is 1. The molecule has 0 aliphatic heterocycles. The summed E-state index contributed by atoms with van der Waals surface area (Å²) >= 11 is 0. The van der Waals surface area contributed by atoms with E-state index in [0.29, 0.717) is 25.2 Å². The van der Waals surface area contributed by atoms with E-state index in [1.165, 1.54) is 25.7 Å². The second-order valence-electron chi connectivity index (χ2n) is 6.28. The number of carbonyl (C=O) groups excluding carboxylic acids is 1. The zero-order valence-electron chi connectivity index (χ0n) is 12.4. The molecule has 0 unspecified atom stereocenters. The third kappa shape index (κ3) is 3.97. The quantitative estimate of drug-likeness (QED) is 0.845. The molecule has 2 fully saturated rings. The molecule has 2 N–H and O–H groups in total. The van der Waals surface area contributed by atoms with Gasteiger partial charge in [-0.1, -0.05) is 25.0 Å². The molecule has 4 nitrogen and oxygen atoms in total. The molecular formula is C17H24N2O2. The fourth-order valence-electron chi connectivity index (χ4n) is 3.12. The minimum atomic E-state index is 0.188. The van der Waals surface area contributed by atoms with Crippen molar-refractivity contribution in [3.8, 4) is 5.75 Å². The molecule has 0 aromatic heterocycles. The van der Waals surface area contributed by atoms with Crippen molar-refractivity contribution in [1.29, 1.82) is 0 Å². The Bertz CT molecular complexity index is 493. The number of aromatic hydroxyl groups is 1. The number of hydrogen-bond acceptors (Lipinski definition) is 3. The number of phenols is 1. The van der Waals surface area contributed by atoms with Crippen molar-refractivity contribution < 1.29 is 9.90 Å². The molecule has 2 aliphatic carbocycles. The molecule has 0 spiro atoms. The van der Waals surface area contributed by atoms with E-state index in [1.807, 2.05) is 17.0 Å². The summed E-state index contributed by atoms with van der Waals surface area (Å²) in [7, 11) is 0. The van der Waals surface area contributed by atoms with Crippen LogP contribution in [-0.2, 0) is 11.3 Å². The van der Waals surface area contributed by atoms with Gasteiger partial charge in [0, 0.05) is 18.6 Å². The molecule has 0 atom stereocenters. The van der Waals surface area contributed by atoms with Gasteiger partial charge in [-0.3, -0.25) is 4.79 Å². The molecule has 2 saturated carbocycles. The highest BCUT2D eigenvalue weighted by molar-refractivity contribution is 5.79. The number of carbonyl (C=O) groups is 1. The van der Waals surface area contributed by atoms with E-state index in [0.717, 1.165) is 18.4 Å². The Morgan fingerprint density at radius 1 is 1.24 bits per heavy atom. The van der Waals surface area contributed by atoms with E-state index < -0.39 is 0 Å². The number of nitrogens with zero attached hydrogens (tertiary/aromatic N) is 1. The van der Waals surface area contributed by atoms with Gasteiger partial charge in [0.25, 0.3) is 0 Å². The predicted molar refractivity (Wildman–Crippen MR) is 81.9 cm³/mol. The first-order valence-corrected chi connectivity index (χ1v) is 8.03. The Kier molecular flexibility index (Phi) is 4.44. The molecule has 0 heterocycles. The van der Waals surface area contributed by atoms with Gasteiger partial charge < -0.3 is 15.3 Å². The lowest BCUT2D eigenvalue weighted by Gasteiger charge is -2.24. The molecule has 1 aromatic carbocycles. The van der Waals surface area contributed by atoms with Gasteiger partial charge in [-0.2, -0.15) is 0 Å². The zero-order valence-corrected chi connectivity index (χ0v) is 12.4. The average molecular weight is 288 g/mol. The molecule has 0 saturated heterocycles. The number of nitrogens with one attached hydrogen (secondary N) is 1. The highest BCUT2D eigenvalue weighted by Gasteiger charge is 2.32. The van der Waals surface area contributed by atoms with Crippen LogP contribution < -0.4 is 5.32 Å². The molecule has 1 amide bonds. The lowest BCUT2D eigenvalue weighted by molar-refractivity contribution is -0.131. The Hall–Kier alpha value is -1.55. The molecule has 114 valence electrons. The Morgan fingerprint density at radius 2 is 2.00 bits per heavy atom. The number of rotatable bonds is 6. The van der Waals surface area contributed by atoms with Gasteiger partial charge in [0.1, 0.15) is 5.75 Å². The highest BCUT2D eigenvalue weighted by Crippen LogP contribution is 2.29. The Morgan fingerprint density at radius 3 is 2.67 bits per heavy atom. The minimum Gasteiger partial charge on any atom is -0.508 e. The van der Waals surface area contributed by atoms with Crippen LogP contribution >= 0.6 is 0 Å². The third-order valence-electron chi connectivity index (χ3n) is 4.47. The maximum atomic E-state index is 12.5. The largest absolute Gasteiger partial charge is 0.508 e. The van der Waals surface area contributed by atoms with Gasteiger partial charge in [-0.25, -0.2) is 0 Å². The minimum absolute atomic E-state index is 0.188. The summed E-state index contributed by atoms with van der Waals surface area (Å²) in [4.78, 5) is 14.4. The number of hydrogen-bond donors (Lipinski definition) is 2. The summed E-state index contributed by atoms with van der Waals surface area (Å²) in [6.45, 7) is 1.05. The summed E-state index contributed by atoms with van der Waals surface area (Å²) in [6.07, 6.45) is 7.16. The normalized spacial score (nSPS) is 18.9. The lowest BCUT2D eigenvalue weighted by Crippen LogP contribution is -2.41. The standard InChI is InChI=1S/C17H24N2O2/c20-16-7-3-4-13(10-16)12-19(15-8-9-15)17(21)11-18-14-5-1-2-6-14/h3-4,7,10,14-15,18,20H,1-2,5-6,8-9,11-12H2. The molecule has 2 aliphatic rings. The summed E-state index contributed by atoms with van der Waals surface area (Å²) < 4.78 is 0. The second-order valence-corrected chi connectivity index (χ2v) is 6.28. The van der Waals surface area contributed by atoms with Gasteiger partial charge >= 0.3 is 0 Å². The Labute approximate surface area is 126 Å². The molecule has 4 heteroatoms. The van der Waals surface area contributed by atoms with Crippen molar-refractivity contribution in [2.45, 2.75) is 57.2 Å². The first-order valence-electron chi connectivity index (χ1n) is 8.03. The zero-order chi connectivity index (χ0) is 14.7. The van der Waals surface area contributed by atoms with Crippen LogP contribution in [0.15, 0.2) is 24.3 Å². The first-order chi connectivity index (χ1) is 10.2. The monoisotopic (exact) mass is 288 g/mol. The van der Waals surface area contributed by atoms with Gasteiger partial charge in [0.05, 0.1) is 6.54 Å². The van der Waals surface area contributed by atoms with E-state index in [4.69, 9.17) is 0 Å². The van der Waals surface area contributed by atoms with Gasteiger partial charge in [-0.15, -0.1) is 0 Å². The maximum Gasteiger partial charge on any atom is 0.237 e. The van der Waals surface area contributed by atoms with Gasteiger partial charge in [0.15, 0.2) is 0 Å². The predicted octanol–water partition coefficient (Wildman–Crippen LogP) is 2.42. The molecule has 21 heavy (non-hydrogen) atoms. The van der Waals surface area contributed by atoms with Crippen LogP contribution in [-0.4, -0.2) is 34.5 Å². The maximum absolute atomic E-state index is 12.5. The first kappa shape index (κ1) is 14.4. The van der Waals surface area contributed by atoms with Crippen LogP contribution in [0.4, 0.5) is 0 Å². The fraction of sp³-hybridized carbons (Fsp3) is 0.588. The number of phenolic OH excluding ortho intramolecular Hbond substituents is 1. The van der Waals surface area contributed by atoms with Crippen molar-refractivity contribution in [1.82, 2.24) is 10.2 Å². The highest BCUT2D eigenvalue weighted by atomic mass is 16.3. The van der Waals surface area contributed by atoms with E-state index in [-0.39, 0.29) is 11.7 Å². The van der Waals surface area contributed by atoms with Gasteiger partial charge in [-0.05, 0) is 43.4 Å². The summed E-state index contributed by atoms with van der Waals surface area (Å²) in [6, 6.07) is 8.12. The fourth-order valence-corrected chi connectivity index (χ4v) is 3.12. The molecule has 0 radical (unpaired) electrons.